The first kappa shape index (κ1) is 9.32. The molecular formula is C8H12BrN3. The molecule has 0 aliphatic rings. The van der Waals surface area contributed by atoms with Gasteiger partial charge in [0.1, 0.15) is 5.82 Å². The number of nitrogens with one attached hydrogen (secondary N) is 1. The Bertz CT molecular complexity index is 286. The zero-order valence-corrected chi connectivity index (χ0v) is 8.77. The first-order valence-corrected chi connectivity index (χ1v) is 4.60. The van der Waals surface area contributed by atoms with E-state index in [-0.39, 0.29) is 0 Å². The van der Waals surface area contributed by atoms with Gasteiger partial charge in [-0.1, -0.05) is 0 Å². The second kappa shape index (κ2) is 3.76. The smallest absolute Gasteiger partial charge is 0.140 e. The molecule has 0 fully saturated rings. The molecule has 0 unspecified atom stereocenters. The van der Waals surface area contributed by atoms with E-state index in [1.807, 2.05) is 13.8 Å². The van der Waals surface area contributed by atoms with Crippen molar-refractivity contribution >= 4 is 27.4 Å². The van der Waals surface area contributed by atoms with Crippen LogP contribution in [0.2, 0.25) is 0 Å². The zero-order valence-electron chi connectivity index (χ0n) is 7.19. The lowest BCUT2D eigenvalue weighted by atomic mass is 10.2. The van der Waals surface area contributed by atoms with Crippen LogP contribution >= 0.6 is 15.9 Å². The van der Waals surface area contributed by atoms with Crippen LogP contribution in [0.3, 0.4) is 0 Å². The molecule has 0 amide bonds. The van der Waals surface area contributed by atoms with Gasteiger partial charge in [-0.15, -0.1) is 0 Å². The lowest BCUT2D eigenvalue weighted by Crippen LogP contribution is -2.02. The predicted molar refractivity (Wildman–Crippen MR) is 55.3 cm³/mol. The quantitative estimate of drug-likeness (QED) is 0.818. The number of nitrogens with two attached hydrogens (primary N) is 1. The van der Waals surface area contributed by atoms with Crippen molar-refractivity contribution in [1.82, 2.24) is 4.98 Å². The SMILES string of the molecule is CCNc1ncc(N)c(C)c1Br. The third-order valence-corrected chi connectivity index (χ3v) is 2.62. The molecule has 0 bridgehead atoms. The summed E-state index contributed by atoms with van der Waals surface area (Å²) < 4.78 is 0.948. The van der Waals surface area contributed by atoms with E-state index in [4.69, 9.17) is 5.73 Å². The van der Waals surface area contributed by atoms with Crippen LogP contribution in [-0.4, -0.2) is 11.5 Å². The molecule has 0 saturated carbocycles. The fraction of sp³-hybridized carbons (Fsp3) is 0.375. The minimum absolute atomic E-state index is 0.712. The first-order valence-electron chi connectivity index (χ1n) is 3.81. The molecule has 0 radical (unpaired) electrons. The van der Waals surface area contributed by atoms with Crippen molar-refractivity contribution < 1.29 is 0 Å². The largest absolute Gasteiger partial charge is 0.397 e. The summed E-state index contributed by atoms with van der Waals surface area (Å²) in [6.07, 6.45) is 1.66. The molecule has 0 saturated heterocycles. The first-order chi connectivity index (χ1) is 5.66. The van der Waals surface area contributed by atoms with Gasteiger partial charge in [-0.2, -0.15) is 0 Å². The minimum atomic E-state index is 0.712. The van der Waals surface area contributed by atoms with Gasteiger partial charge in [0.15, 0.2) is 0 Å². The van der Waals surface area contributed by atoms with Crippen LogP contribution < -0.4 is 11.1 Å². The highest BCUT2D eigenvalue weighted by Crippen LogP contribution is 2.27. The number of pyridine rings is 1. The Kier molecular flexibility index (Phi) is 2.92. The van der Waals surface area contributed by atoms with Crippen molar-refractivity contribution in [3.05, 3.63) is 16.2 Å². The van der Waals surface area contributed by atoms with E-state index in [9.17, 15) is 0 Å². The van der Waals surface area contributed by atoms with Crippen LogP contribution in [0.1, 0.15) is 12.5 Å². The van der Waals surface area contributed by atoms with Gasteiger partial charge in [0.2, 0.25) is 0 Å². The average molecular weight is 230 g/mol. The summed E-state index contributed by atoms with van der Waals surface area (Å²) >= 11 is 3.43. The van der Waals surface area contributed by atoms with Crippen molar-refractivity contribution in [2.24, 2.45) is 0 Å². The van der Waals surface area contributed by atoms with Gasteiger partial charge in [-0.25, -0.2) is 4.98 Å². The highest BCUT2D eigenvalue weighted by atomic mass is 79.9. The number of rotatable bonds is 2. The number of anilines is 2. The summed E-state index contributed by atoms with van der Waals surface area (Å²) in [5, 5.41) is 3.13. The Labute approximate surface area is 80.5 Å². The summed E-state index contributed by atoms with van der Waals surface area (Å²) in [5.74, 6) is 0.851. The van der Waals surface area contributed by atoms with Gasteiger partial charge in [0.05, 0.1) is 16.4 Å². The van der Waals surface area contributed by atoms with Crippen LogP contribution in [0, 0.1) is 6.92 Å². The number of halogens is 1. The molecule has 1 heterocycles. The third-order valence-electron chi connectivity index (χ3n) is 1.65. The Morgan fingerprint density at radius 2 is 2.33 bits per heavy atom. The maximum absolute atomic E-state index is 5.67. The molecule has 0 aliphatic carbocycles. The molecule has 0 spiro atoms. The Balaban J connectivity index is 3.08. The van der Waals surface area contributed by atoms with Crippen LogP contribution in [0.5, 0.6) is 0 Å². The van der Waals surface area contributed by atoms with Gasteiger partial charge in [0.25, 0.3) is 0 Å². The highest BCUT2D eigenvalue weighted by molar-refractivity contribution is 9.10. The lowest BCUT2D eigenvalue weighted by molar-refractivity contribution is 1.14. The Morgan fingerprint density at radius 3 is 2.92 bits per heavy atom. The molecule has 0 aromatic carbocycles. The molecule has 12 heavy (non-hydrogen) atoms. The third kappa shape index (κ3) is 1.69. The molecule has 3 N–H and O–H groups in total. The molecule has 0 atom stereocenters. The summed E-state index contributed by atoms with van der Waals surface area (Å²) in [7, 11) is 0. The van der Waals surface area contributed by atoms with Gasteiger partial charge >= 0.3 is 0 Å². The maximum Gasteiger partial charge on any atom is 0.140 e. The number of nitrogens with zero attached hydrogens (tertiary/aromatic N) is 1. The molecule has 1 rings (SSSR count). The molecule has 66 valence electrons. The predicted octanol–water partition coefficient (Wildman–Crippen LogP) is 2.17. The lowest BCUT2D eigenvalue weighted by Gasteiger charge is -2.08. The van der Waals surface area contributed by atoms with E-state index in [1.54, 1.807) is 6.20 Å². The van der Waals surface area contributed by atoms with E-state index in [0.29, 0.717) is 5.69 Å². The van der Waals surface area contributed by atoms with E-state index in [0.717, 1.165) is 22.4 Å². The normalized spacial score (nSPS) is 9.92. The molecular weight excluding hydrogens is 218 g/mol. The van der Waals surface area contributed by atoms with Gasteiger partial charge in [-0.3, -0.25) is 0 Å². The van der Waals surface area contributed by atoms with Gasteiger partial charge < -0.3 is 11.1 Å². The fourth-order valence-corrected chi connectivity index (χ4v) is 1.35. The summed E-state index contributed by atoms with van der Waals surface area (Å²) in [6.45, 7) is 4.84. The van der Waals surface area contributed by atoms with Crippen LogP contribution in [0.4, 0.5) is 11.5 Å². The van der Waals surface area contributed by atoms with Crippen LogP contribution in [0.15, 0.2) is 10.7 Å². The van der Waals surface area contributed by atoms with Crippen molar-refractivity contribution in [1.29, 1.82) is 0 Å². The summed E-state index contributed by atoms with van der Waals surface area (Å²) in [4.78, 5) is 4.15. The van der Waals surface area contributed by atoms with E-state index in [2.05, 4.69) is 26.2 Å². The number of aromatic nitrogens is 1. The standard InChI is InChI=1S/C8H12BrN3/c1-3-11-8-7(9)5(2)6(10)4-12-8/h4H,3,10H2,1-2H3,(H,11,12). The molecule has 1 aromatic rings. The van der Waals surface area contributed by atoms with Crippen LogP contribution in [-0.2, 0) is 0 Å². The minimum Gasteiger partial charge on any atom is -0.397 e. The van der Waals surface area contributed by atoms with Crippen molar-refractivity contribution in [3.63, 3.8) is 0 Å². The topological polar surface area (TPSA) is 50.9 Å². The summed E-state index contributed by atoms with van der Waals surface area (Å²) in [6, 6.07) is 0. The van der Waals surface area contributed by atoms with E-state index in [1.165, 1.54) is 0 Å². The average Bonchev–Trinajstić information content (AvgIpc) is 2.07. The monoisotopic (exact) mass is 229 g/mol. The molecule has 1 aromatic heterocycles. The zero-order chi connectivity index (χ0) is 9.14. The highest BCUT2D eigenvalue weighted by Gasteiger charge is 2.05. The van der Waals surface area contributed by atoms with Crippen molar-refractivity contribution in [2.45, 2.75) is 13.8 Å². The van der Waals surface area contributed by atoms with Gasteiger partial charge in [0, 0.05) is 6.54 Å². The number of hydrogen-bond acceptors (Lipinski definition) is 3. The Morgan fingerprint density at radius 1 is 1.67 bits per heavy atom. The number of nitrogen functional groups attached to an aromatic ring is 1. The molecule has 4 heteroatoms. The van der Waals surface area contributed by atoms with E-state index < -0.39 is 0 Å². The second-order valence-corrected chi connectivity index (χ2v) is 3.32. The van der Waals surface area contributed by atoms with Gasteiger partial charge in [-0.05, 0) is 35.3 Å². The Hall–Kier alpha value is -0.770. The van der Waals surface area contributed by atoms with Crippen molar-refractivity contribution in [3.8, 4) is 0 Å². The second-order valence-electron chi connectivity index (χ2n) is 2.53. The van der Waals surface area contributed by atoms with E-state index >= 15 is 0 Å². The van der Waals surface area contributed by atoms with Crippen LogP contribution in [0.25, 0.3) is 0 Å². The van der Waals surface area contributed by atoms with Crippen molar-refractivity contribution in [2.75, 3.05) is 17.6 Å². The summed E-state index contributed by atoms with van der Waals surface area (Å²) in [5.41, 5.74) is 7.41. The number of hydrogen-bond donors (Lipinski definition) is 2. The molecule has 0 aliphatic heterocycles. The fourth-order valence-electron chi connectivity index (χ4n) is 0.883. The maximum atomic E-state index is 5.67. The molecule has 3 nitrogen and oxygen atoms in total.